The highest BCUT2D eigenvalue weighted by Crippen LogP contribution is 2.25. The molecule has 3 amide bonds. The summed E-state index contributed by atoms with van der Waals surface area (Å²) >= 11 is 6.12. The highest BCUT2D eigenvalue weighted by molar-refractivity contribution is 6.31. The zero-order valence-corrected chi connectivity index (χ0v) is 18.6. The number of carbonyl (C=O) groups is 2. The molecule has 0 aliphatic carbocycles. The van der Waals surface area contributed by atoms with Crippen LogP contribution in [0.1, 0.15) is 11.1 Å². The molecule has 0 saturated carbocycles. The number of rotatable bonds is 5. The van der Waals surface area contributed by atoms with Gasteiger partial charge < -0.3 is 24.6 Å². The summed E-state index contributed by atoms with van der Waals surface area (Å²) < 4.78 is 10.5. The van der Waals surface area contributed by atoms with Crippen LogP contribution in [0.15, 0.2) is 42.5 Å². The number of piperazine rings is 1. The first-order chi connectivity index (χ1) is 14.9. The number of hydrogen-bond acceptors (Lipinski definition) is 4. The molecule has 1 aliphatic heterocycles. The van der Waals surface area contributed by atoms with Crippen molar-refractivity contribution in [2.45, 2.75) is 6.92 Å². The molecule has 0 radical (unpaired) electrons. The van der Waals surface area contributed by atoms with E-state index in [9.17, 15) is 9.59 Å². The van der Waals surface area contributed by atoms with Gasteiger partial charge in [0.1, 0.15) is 11.5 Å². The lowest BCUT2D eigenvalue weighted by atomic mass is 10.1. The van der Waals surface area contributed by atoms with Crippen molar-refractivity contribution < 1.29 is 19.1 Å². The van der Waals surface area contributed by atoms with Crippen molar-refractivity contribution in [3.63, 3.8) is 0 Å². The normalized spacial score (nSPS) is 13.9. The lowest BCUT2D eigenvalue weighted by Gasteiger charge is -2.34. The summed E-state index contributed by atoms with van der Waals surface area (Å²) in [5, 5.41) is 3.46. The van der Waals surface area contributed by atoms with Crippen LogP contribution in [-0.4, -0.2) is 62.1 Å². The van der Waals surface area contributed by atoms with Crippen molar-refractivity contribution in [1.29, 1.82) is 0 Å². The van der Waals surface area contributed by atoms with Crippen LogP contribution in [-0.2, 0) is 4.79 Å². The first kappa shape index (κ1) is 22.5. The maximum atomic E-state index is 12.6. The van der Waals surface area contributed by atoms with Gasteiger partial charge in [0.2, 0.25) is 5.91 Å². The second kappa shape index (κ2) is 10.2. The topological polar surface area (TPSA) is 71.1 Å². The summed E-state index contributed by atoms with van der Waals surface area (Å²) in [6.07, 6.45) is 3.25. The Balaban J connectivity index is 1.54. The summed E-state index contributed by atoms with van der Waals surface area (Å²) in [5.41, 5.74) is 2.38. The molecule has 0 bridgehead atoms. The highest BCUT2D eigenvalue weighted by atomic mass is 35.5. The van der Waals surface area contributed by atoms with E-state index in [1.807, 2.05) is 31.2 Å². The molecule has 0 unspecified atom stereocenters. The van der Waals surface area contributed by atoms with Crippen molar-refractivity contribution in [1.82, 2.24) is 9.80 Å². The Morgan fingerprint density at radius 3 is 2.35 bits per heavy atom. The van der Waals surface area contributed by atoms with E-state index in [0.29, 0.717) is 48.4 Å². The van der Waals surface area contributed by atoms with Gasteiger partial charge in [-0.1, -0.05) is 17.7 Å². The molecule has 1 aliphatic rings. The average Bonchev–Trinajstić information content (AvgIpc) is 2.79. The molecule has 3 rings (SSSR count). The van der Waals surface area contributed by atoms with Gasteiger partial charge in [-0.05, 0) is 42.8 Å². The Morgan fingerprint density at radius 1 is 1.00 bits per heavy atom. The van der Waals surface area contributed by atoms with Crippen LogP contribution in [0.2, 0.25) is 5.02 Å². The Hall–Kier alpha value is -3.19. The van der Waals surface area contributed by atoms with Gasteiger partial charge in [0.15, 0.2) is 0 Å². The fourth-order valence-electron chi connectivity index (χ4n) is 3.23. The van der Waals surface area contributed by atoms with Crippen LogP contribution in [0.5, 0.6) is 11.5 Å². The monoisotopic (exact) mass is 443 g/mol. The van der Waals surface area contributed by atoms with Crippen molar-refractivity contribution in [2.75, 3.05) is 45.7 Å². The maximum absolute atomic E-state index is 12.6. The van der Waals surface area contributed by atoms with Gasteiger partial charge in [0.25, 0.3) is 0 Å². The van der Waals surface area contributed by atoms with Gasteiger partial charge in [-0.15, -0.1) is 0 Å². The minimum atomic E-state index is -0.203. The molecular formula is C23H26ClN3O4. The number of aryl methyl sites for hydroxylation is 1. The minimum Gasteiger partial charge on any atom is -0.497 e. The van der Waals surface area contributed by atoms with Gasteiger partial charge in [-0.25, -0.2) is 4.79 Å². The highest BCUT2D eigenvalue weighted by Gasteiger charge is 2.23. The zero-order valence-electron chi connectivity index (χ0n) is 17.9. The van der Waals surface area contributed by atoms with E-state index >= 15 is 0 Å². The Kier molecular flexibility index (Phi) is 7.41. The first-order valence-corrected chi connectivity index (χ1v) is 10.3. The van der Waals surface area contributed by atoms with E-state index in [1.165, 1.54) is 6.08 Å². The number of benzene rings is 2. The van der Waals surface area contributed by atoms with E-state index in [2.05, 4.69) is 5.32 Å². The molecule has 164 valence electrons. The van der Waals surface area contributed by atoms with Crippen LogP contribution in [0.3, 0.4) is 0 Å². The zero-order chi connectivity index (χ0) is 22.4. The molecule has 1 saturated heterocycles. The van der Waals surface area contributed by atoms with Crippen LogP contribution >= 0.6 is 11.6 Å². The van der Waals surface area contributed by atoms with Crippen molar-refractivity contribution >= 4 is 35.3 Å². The number of amides is 3. The van der Waals surface area contributed by atoms with Gasteiger partial charge in [0, 0.05) is 54.6 Å². The molecule has 1 N–H and O–H groups in total. The van der Waals surface area contributed by atoms with E-state index in [0.717, 1.165) is 11.1 Å². The number of ether oxygens (including phenoxy) is 2. The number of halogens is 1. The lowest BCUT2D eigenvalue weighted by Crippen LogP contribution is -2.51. The predicted molar refractivity (Wildman–Crippen MR) is 122 cm³/mol. The summed E-state index contributed by atoms with van der Waals surface area (Å²) in [7, 11) is 3.16. The average molecular weight is 444 g/mol. The quantitative estimate of drug-likeness (QED) is 0.707. The van der Waals surface area contributed by atoms with Crippen molar-refractivity contribution in [3.8, 4) is 11.5 Å². The molecule has 2 aromatic rings. The van der Waals surface area contributed by atoms with Crippen molar-refractivity contribution in [2.24, 2.45) is 0 Å². The molecule has 0 spiro atoms. The first-order valence-electron chi connectivity index (χ1n) is 9.92. The van der Waals surface area contributed by atoms with E-state index in [-0.39, 0.29) is 11.9 Å². The lowest BCUT2D eigenvalue weighted by molar-refractivity contribution is -0.127. The molecule has 7 nitrogen and oxygen atoms in total. The minimum absolute atomic E-state index is 0.108. The van der Waals surface area contributed by atoms with Crippen LogP contribution in [0.25, 0.3) is 6.08 Å². The fraction of sp³-hybridized carbons (Fsp3) is 0.304. The number of nitrogens with zero attached hydrogens (tertiary/aromatic N) is 2. The third kappa shape index (κ3) is 5.70. The Bertz CT molecular complexity index is 985. The molecule has 8 heteroatoms. The van der Waals surface area contributed by atoms with Crippen LogP contribution in [0, 0.1) is 6.92 Å². The second-order valence-corrected chi connectivity index (χ2v) is 7.55. The SMILES string of the molecule is COc1ccc(C=CC(=O)N2CCN(C(=O)Nc3ccc(C)c(Cl)c3)CC2)c(OC)c1. The summed E-state index contributed by atoms with van der Waals surface area (Å²) in [6, 6.07) is 10.6. The number of anilines is 1. The largest absolute Gasteiger partial charge is 0.497 e. The third-order valence-corrected chi connectivity index (χ3v) is 5.55. The second-order valence-electron chi connectivity index (χ2n) is 7.15. The van der Waals surface area contributed by atoms with E-state index in [1.54, 1.807) is 42.2 Å². The smallest absolute Gasteiger partial charge is 0.321 e. The standard InChI is InChI=1S/C23H26ClN3O4/c1-16-4-7-18(14-20(16)24)25-23(29)27-12-10-26(11-13-27)22(28)9-6-17-5-8-19(30-2)15-21(17)31-3/h4-9,14-15H,10-13H2,1-3H3,(H,25,29). The molecular weight excluding hydrogens is 418 g/mol. The van der Waals surface area contributed by atoms with Gasteiger partial charge in [0.05, 0.1) is 14.2 Å². The number of carbonyl (C=O) groups excluding carboxylic acids is 2. The number of urea groups is 1. The van der Waals surface area contributed by atoms with Gasteiger partial charge >= 0.3 is 6.03 Å². The molecule has 0 aromatic heterocycles. The third-order valence-electron chi connectivity index (χ3n) is 5.15. The molecule has 1 fully saturated rings. The van der Waals surface area contributed by atoms with Gasteiger partial charge in [-0.3, -0.25) is 4.79 Å². The van der Waals surface area contributed by atoms with Gasteiger partial charge in [-0.2, -0.15) is 0 Å². The number of hydrogen-bond donors (Lipinski definition) is 1. The van der Waals surface area contributed by atoms with E-state index in [4.69, 9.17) is 21.1 Å². The fourth-order valence-corrected chi connectivity index (χ4v) is 3.41. The van der Waals surface area contributed by atoms with E-state index < -0.39 is 0 Å². The molecule has 1 heterocycles. The predicted octanol–water partition coefficient (Wildman–Crippen LogP) is 4.06. The maximum Gasteiger partial charge on any atom is 0.321 e. The number of methoxy groups -OCH3 is 2. The molecule has 31 heavy (non-hydrogen) atoms. The summed E-state index contributed by atoms with van der Waals surface area (Å²) in [6.45, 7) is 3.74. The Labute approximate surface area is 187 Å². The Morgan fingerprint density at radius 2 is 1.71 bits per heavy atom. The summed E-state index contributed by atoms with van der Waals surface area (Å²) in [4.78, 5) is 28.5. The molecule has 2 aromatic carbocycles. The van der Waals surface area contributed by atoms with Crippen LogP contribution in [0.4, 0.5) is 10.5 Å². The number of nitrogens with one attached hydrogen (secondary N) is 1. The summed E-state index contributed by atoms with van der Waals surface area (Å²) in [5.74, 6) is 1.20. The van der Waals surface area contributed by atoms with Crippen molar-refractivity contribution in [3.05, 3.63) is 58.6 Å². The molecule has 0 atom stereocenters. The van der Waals surface area contributed by atoms with Crippen LogP contribution < -0.4 is 14.8 Å².